The number of anilines is 1. The molecule has 0 bridgehead atoms. The fourth-order valence-corrected chi connectivity index (χ4v) is 6.73. The quantitative estimate of drug-likeness (QED) is 0.551. The molecule has 1 aliphatic carbocycles. The van der Waals surface area contributed by atoms with Crippen molar-refractivity contribution in [3.8, 4) is 5.75 Å². The summed E-state index contributed by atoms with van der Waals surface area (Å²) in [5, 5.41) is 0.0223. The molecule has 38 heavy (non-hydrogen) atoms. The maximum absolute atomic E-state index is 14.8. The highest BCUT2D eigenvalue weighted by atomic mass is 35.5. The predicted molar refractivity (Wildman–Crippen MR) is 139 cm³/mol. The van der Waals surface area contributed by atoms with E-state index in [0.717, 1.165) is 42.1 Å². The third kappa shape index (κ3) is 5.66. The summed E-state index contributed by atoms with van der Waals surface area (Å²) < 4.78 is 55.2. The highest BCUT2D eigenvalue weighted by molar-refractivity contribution is 7.87. The Hall–Kier alpha value is -2.73. The molecule has 2 aliphatic heterocycles. The summed E-state index contributed by atoms with van der Waals surface area (Å²) in [4.78, 5) is 27.0. The fraction of sp³-hybridized carbons (Fsp3) is 0.462. The molecule has 3 fully saturated rings. The molecule has 1 N–H and O–H groups in total. The van der Waals surface area contributed by atoms with E-state index in [1.54, 1.807) is 4.90 Å². The van der Waals surface area contributed by atoms with Crippen LogP contribution in [0.5, 0.6) is 5.75 Å². The normalized spacial score (nSPS) is 22.8. The topological polar surface area (TPSA) is 105 Å². The van der Waals surface area contributed by atoms with Gasteiger partial charge >= 0.3 is 10.2 Å². The zero-order chi connectivity index (χ0) is 26.9. The van der Waals surface area contributed by atoms with Gasteiger partial charge in [-0.15, -0.1) is 0 Å². The Balaban J connectivity index is 1.24. The van der Waals surface area contributed by atoms with Gasteiger partial charge in [0.25, 0.3) is 11.8 Å². The van der Waals surface area contributed by atoms with E-state index < -0.39 is 33.6 Å². The number of fused-ring (bicyclic) bond motifs is 1. The number of carbonyl (C=O) groups is 2. The van der Waals surface area contributed by atoms with Gasteiger partial charge in [-0.1, -0.05) is 42.6 Å². The smallest absolute Gasteiger partial charge is 0.304 e. The van der Waals surface area contributed by atoms with Gasteiger partial charge in [-0.05, 0) is 43.4 Å². The Morgan fingerprint density at radius 3 is 2.63 bits per heavy atom. The van der Waals surface area contributed by atoms with E-state index in [2.05, 4.69) is 0 Å². The van der Waals surface area contributed by atoms with Crippen LogP contribution in [0.3, 0.4) is 0 Å². The Morgan fingerprint density at radius 1 is 1.16 bits per heavy atom. The van der Waals surface area contributed by atoms with Crippen molar-refractivity contribution in [2.75, 3.05) is 31.2 Å². The number of carbonyl (C=O) groups excluding carboxylic acids is 2. The molecule has 2 saturated heterocycles. The van der Waals surface area contributed by atoms with Crippen LogP contribution < -0.4 is 14.4 Å². The lowest BCUT2D eigenvalue weighted by Gasteiger charge is -2.45. The number of benzene rings is 2. The molecule has 2 atom stereocenters. The number of rotatable bonds is 7. The second kappa shape index (κ2) is 11.2. The van der Waals surface area contributed by atoms with Crippen LogP contribution in [0.4, 0.5) is 10.1 Å². The van der Waals surface area contributed by atoms with Crippen LogP contribution >= 0.6 is 11.6 Å². The molecule has 12 heteroatoms. The first-order valence-corrected chi connectivity index (χ1v) is 14.5. The number of piperidine rings is 1. The van der Waals surface area contributed by atoms with Gasteiger partial charge in [0.05, 0.1) is 29.3 Å². The van der Waals surface area contributed by atoms with Crippen molar-refractivity contribution in [2.45, 2.75) is 44.2 Å². The number of hydrogen-bond acceptors (Lipinski definition) is 6. The second-order valence-electron chi connectivity index (χ2n) is 9.82. The van der Waals surface area contributed by atoms with Crippen molar-refractivity contribution in [2.24, 2.45) is 5.92 Å². The number of nitrogens with zero attached hydrogens (tertiary/aromatic N) is 2. The first-order valence-electron chi connectivity index (χ1n) is 12.7. The molecular weight excluding hydrogens is 537 g/mol. The van der Waals surface area contributed by atoms with Crippen LogP contribution in [0.2, 0.25) is 5.02 Å². The van der Waals surface area contributed by atoms with E-state index in [-0.39, 0.29) is 42.4 Å². The van der Waals surface area contributed by atoms with Gasteiger partial charge in [-0.3, -0.25) is 9.59 Å². The van der Waals surface area contributed by atoms with Crippen LogP contribution in [0, 0.1) is 11.7 Å². The first-order chi connectivity index (χ1) is 18.2. The molecule has 3 aliphatic rings. The predicted octanol–water partition coefficient (Wildman–Crippen LogP) is 3.53. The van der Waals surface area contributed by atoms with Crippen LogP contribution in [0.15, 0.2) is 42.5 Å². The first kappa shape index (κ1) is 26.9. The third-order valence-electron chi connectivity index (χ3n) is 7.32. The van der Waals surface area contributed by atoms with Crippen LogP contribution in [0.1, 0.15) is 42.5 Å². The van der Waals surface area contributed by atoms with Gasteiger partial charge in [0.1, 0.15) is 18.2 Å². The molecule has 0 spiro atoms. The van der Waals surface area contributed by atoms with Crippen molar-refractivity contribution < 1.29 is 31.9 Å². The number of morpholine rings is 1. The average Bonchev–Trinajstić information content (AvgIpc) is 3.42. The molecule has 1 saturated carbocycles. The monoisotopic (exact) mass is 565 g/mol. The lowest BCUT2D eigenvalue weighted by molar-refractivity contribution is -0.134. The Morgan fingerprint density at radius 2 is 1.89 bits per heavy atom. The molecule has 2 amide bonds. The lowest BCUT2D eigenvalue weighted by Crippen LogP contribution is -2.63. The van der Waals surface area contributed by atoms with Gasteiger partial charge < -0.3 is 14.4 Å². The van der Waals surface area contributed by atoms with Crippen molar-refractivity contribution >= 4 is 39.3 Å². The second-order valence-corrected chi connectivity index (χ2v) is 11.9. The van der Waals surface area contributed by atoms with Gasteiger partial charge in [-0.2, -0.15) is 12.7 Å². The SMILES string of the molecule is O=C(NS(=O)(=O)N1CCC2[C@@H](C1)OCC(=O)N2c1ccccc1)c1cc(Cl)c(OCC2CCCC2)cc1F. The number of halogens is 2. The molecule has 0 aromatic heterocycles. The molecule has 0 radical (unpaired) electrons. The maximum Gasteiger partial charge on any atom is 0.304 e. The number of para-hydroxylation sites is 1. The van der Waals surface area contributed by atoms with E-state index in [1.807, 2.05) is 35.1 Å². The van der Waals surface area contributed by atoms with E-state index in [0.29, 0.717) is 24.6 Å². The molecule has 2 aromatic carbocycles. The highest BCUT2D eigenvalue weighted by Crippen LogP contribution is 2.32. The molecule has 2 aromatic rings. The standard InChI is InChI=1S/C26H29ClFN3O6S/c27-20-12-19(21(28)13-23(20)36-15-17-6-4-5-7-17)26(33)29-38(34,35)30-11-10-22-24(14-30)37-16-25(32)31(22)18-8-2-1-3-9-18/h1-3,8-9,12-13,17,22,24H,4-7,10-11,14-16H2,(H,29,33)/t22?,24-/m1/s1. The summed E-state index contributed by atoms with van der Waals surface area (Å²) in [6, 6.07) is 10.8. The van der Waals surface area contributed by atoms with Crippen LogP contribution in [-0.2, 0) is 19.7 Å². The fourth-order valence-electron chi connectivity index (χ4n) is 5.34. The summed E-state index contributed by atoms with van der Waals surface area (Å²) in [5.41, 5.74) is 0.208. The molecule has 9 nitrogen and oxygen atoms in total. The Bertz CT molecular complexity index is 1310. The minimum Gasteiger partial charge on any atom is -0.492 e. The highest BCUT2D eigenvalue weighted by Gasteiger charge is 2.44. The Kier molecular flexibility index (Phi) is 7.90. The number of amides is 2. The zero-order valence-electron chi connectivity index (χ0n) is 20.6. The zero-order valence-corrected chi connectivity index (χ0v) is 22.2. The minimum absolute atomic E-state index is 0.0223. The molecule has 2 heterocycles. The van der Waals surface area contributed by atoms with Crippen molar-refractivity contribution in [1.29, 1.82) is 0 Å². The van der Waals surface area contributed by atoms with Crippen molar-refractivity contribution in [3.63, 3.8) is 0 Å². The van der Waals surface area contributed by atoms with Gasteiger partial charge in [0, 0.05) is 24.8 Å². The summed E-state index contributed by atoms with van der Waals surface area (Å²) in [7, 11) is -4.33. The van der Waals surface area contributed by atoms with Crippen LogP contribution in [0.25, 0.3) is 0 Å². The van der Waals surface area contributed by atoms with Crippen LogP contribution in [-0.4, -0.2) is 63.0 Å². The summed E-state index contributed by atoms with van der Waals surface area (Å²) >= 11 is 6.22. The Labute approximate surface area is 226 Å². The average molecular weight is 566 g/mol. The summed E-state index contributed by atoms with van der Waals surface area (Å²) in [6.45, 7) is 0.197. The maximum atomic E-state index is 14.8. The van der Waals surface area contributed by atoms with Gasteiger partial charge in [-0.25, -0.2) is 9.11 Å². The number of hydrogen-bond donors (Lipinski definition) is 1. The van der Waals surface area contributed by atoms with E-state index in [9.17, 15) is 22.4 Å². The van der Waals surface area contributed by atoms with E-state index in [1.165, 1.54) is 0 Å². The molecule has 204 valence electrons. The number of ether oxygens (including phenoxy) is 2. The number of nitrogens with one attached hydrogen (secondary N) is 1. The molecule has 5 rings (SSSR count). The largest absolute Gasteiger partial charge is 0.492 e. The van der Waals surface area contributed by atoms with Crippen molar-refractivity contribution in [1.82, 2.24) is 9.03 Å². The minimum atomic E-state index is -4.33. The molecular formula is C26H29ClFN3O6S. The van der Waals surface area contributed by atoms with Gasteiger partial charge in [0.15, 0.2) is 0 Å². The molecule has 1 unspecified atom stereocenters. The van der Waals surface area contributed by atoms with E-state index in [4.69, 9.17) is 21.1 Å². The summed E-state index contributed by atoms with van der Waals surface area (Å²) in [6.07, 6.45) is 4.07. The van der Waals surface area contributed by atoms with Crippen molar-refractivity contribution in [3.05, 3.63) is 58.9 Å². The van der Waals surface area contributed by atoms with E-state index >= 15 is 0 Å². The lowest BCUT2D eigenvalue weighted by atomic mass is 9.99. The summed E-state index contributed by atoms with van der Waals surface area (Å²) in [5.74, 6) is -1.78. The third-order valence-corrected chi connectivity index (χ3v) is 9.07. The van der Waals surface area contributed by atoms with Gasteiger partial charge in [0.2, 0.25) is 0 Å².